The van der Waals surface area contributed by atoms with Crippen LogP contribution in [0.4, 0.5) is 14.5 Å². The number of hydrogen-bond acceptors (Lipinski definition) is 7. The molecule has 0 spiro atoms. The summed E-state index contributed by atoms with van der Waals surface area (Å²) >= 11 is 4.32. The van der Waals surface area contributed by atoms with E-state index in [1.165, 1.54) is 12.1 Å². The molecule has 0 radical (unpaired) electrons. The molecule has 0 saturated heterocycles. The number of anilines is 1. The number of nitrogens with two attached hydrogens (primary N) is 1. The van der Waals surface area contributed by atoms with E-state index in [-0.39, 0.29) is 21.2 Å². The van der Waals surface area contributed by atoms with E-state index in [1.54, 1.807) is 28.6 Å². The fourth-order valence-corrected chi connectivity index (χ4v) is 5.71. The predicted octanol–water partition coefficient (Wildman–Crippen LogP) is 5.99. The van der Waals surface area contributed by atoms with Crippen molar-refractivity contribution in [3.8, 4) is 11.1 Å². The first-order valence-corrected chi connectivity index (χ1v) is 13.8. The van der Waals surface area contributed by atoms with Gasteiger partial charge in [-0.3, -0.25) is 19.0 Å². The molecule has 3 N–H and O–H groups in total. The van der Waals surface area contributed by atoms with E-state index in [0.717, 1.165) is 27.2 Å². The molecule has 10 nitrogen and oxygen atoms in total. The zero-order valence-electron chi connectivity index (χ0n) is 21.9. The summed E-state index contributed by atoms with van der Waals surface area (Å²) in [6, 6.07) is 4.42. The first-order chi connectivity index (χ1) is 19.0. The van der Waals surface area contributed by atoms with E-state index in [4.69, 9.17) is 10.2 Å². The van der Waals surface area contributed by atoms with Crippen molar-refractivity contribution in [2.24, 2.45) is 5.73 Å². The molecule has 0 unspecified atom stereocenters. The van der Waals surface area contributed by atoms with Crippen LogP contribution in [0.15, 0.2) is 33.3 Å². The summed E-state index contributed by atoms with van der Waals surface area (Å²) in [5.74, 6) is -1.01. The second-order valence-electron chi connectivity index (χ2n) is 9.09. The van der Waals surface area contributed by atoms with Crippen LogP contribution >= 0.6 is 27.3 Å². The number of furan rings is 1. The van der Waals surface area contributed by atoms with E-state index in [2.05, 4.69) is 36.4 Å². The molecule has 5 aromatic heterocycles. The van der Waals surface area contributed by atoms with Gasteiger partial charge in [-0.25, -0.2) is 13.8 Å². The second-order valence-corrected chi connectivity index (χ2v) is 10.9. The van der Waals surface area contributed by atoms with Gasteiger partial charge in [-0.1, -0.05) is 0 Å². The van der Waals surface area contributed by atoms with Gasteiger partial charge in [0, 0.05) is 23.7 Å². The van der Waals surface area contributed by atoms with Crippen LogP contribution < -0.4 is 11.1 Å². The highest BCUT2D eigenvalue weighted by atomic mass is 79.9. The third-order valence-corrected chi connectivity index (χ3v) is 8.66. The Morgan fingerprint density at radius 1 is 1.18 bits per heavy atom. The standard InChI is InChI=1S/C26H24BrF2N7O3S/c1-5-35-10-16(11(2)33-35)15-8-17(23(28)29)31-26-19(15)21(22(40-26)24(30)37)32-25(38)18-7-6-14(39-18)9-36-13(4)20(27)12(3)34-36/h6-8,10,23H,5,9H2,1-4H3,(H2,30,37)(H,32,38). The van der Waals surface area contributed by atoms with Crippen LogP contribution in [-0.2, 0) is 13.1 Å². The number of hydrogen-bond donors (Lipinski definition) is 2. The topological polar surface area (TPSA) is 134 Å². The number of thiophene rings is 1. The molecule has 0 atom stereocenters. The van der Waals surface area contributed by atoms with E-state index >= 15 is 0 Å². The summed E-state index contributed by atoms with van der Waals surface area (Å²) < 4.78 is 37.7. The van der Waals surface area contributed by atoms with Gasteiger partial charge in [-0.2, -0.15) is 10.2 Å². The summed E-state index contributed by atoms with van der Waals surface area (Å²) in [4.78, 5) is 29.9. The number of fused-ring (bicyclic) bond motifs is 1. The highest BCUT2D eigenvalue weighted by Crippen LogP contribution is 2.43. The normalized spacial score (nSPS) is 11.6. The Morgan fingerprint density at radius 3 is 2.52 bits per heavy atom. The molecule has 5 rings (SSSR count). The third kappa shape index (κ3) is 4.92. The van der Waals surface area contributed by atoms with Gasteiger partial charge in [0.25, 0.3) is 18.2 Å². The summed E-state index contributed by atoms with van der Waals surface area (Å²) in [7, 11) is 0. The minimum Gasteiger partial charge on any atom is -0.454 e. The van der Waals surface area contributed by atoms with Gasteiger partial charge in [0.1, 0.15) is 21.2 Å². The van der Waals surface area contributed by atoms with Crippen LogP contribution in [0, 0.1) is 20.8 Å². The fourth-order valence-electron chi connectivity index (χ4n) is 4.42. The number of carbonyl (C=O) groups is 2. The number of primary amides is 1. The molecule has 0 aliphatic rings. The Labute approximate surface area is 239 Å². The average molecular weight is 632 g/mol. The van der Waals surface area contributed by atoms with Gasteiger partial charge in [-0.15, -0.1) is 11.3 Å². The number of amides is 2. The van der Waals surface area contributed by atoms with Gasteiger partial charge in [-0.05, 0) is 67.4 Å². The molecule has 0 aliphatic carbocycles. The van der Waals surface area contributed by atoms with Crippen LogP contribution in [0.3, 0.4) is 0 Å². The van der Waals surface area contributed by atoms with E-state index in [0.29, 0.717) is 41.1 Å². The molecule has 208 valence electrons. The molecule has 40 heavy (non-hydrogen) atoms. The molecular weight excluding hydrogens is 608 g/mol. The Balaban J connectivity index is 1.57. The molecule has 0 aromatic carbocycles. The maximum Gasteiger partial charge on any atom is 0.291 e. The smallest absolute Gasteiger partial charge is 0.291 e. The summed E-state index contributed by atoms with van der Waals surface area (Å²) in [5, 5.41) is 11.9. The lowest BCUT2D eigenvalue weighted by atomic mass is 10.0. The van der Waals surface area contributed by atoms with Gasteiger partial charge in [0.2, 0.25) is 0 Å². The molecule has 0 fully saturated rings. The second kappa shape index (κ2) is 10.6. The van der Waals surface area contributed by atoms with Crippen molar-refractivity contribution in [3.63, 3.8) is 0 Å². The lowest BCUT2D eigenvalue weighted by Gasteiger charge is -2.10. The Hall–Kier alpha value is -3.91. The van der Waals surface area contributed by atoms with Gasteiger partial charge in [0.05, 0.1) is 33.8 Å². The predicted molar refractivity (Wildman–Crippen MR) is 150 cm³/mol. The van der Waals surface area contributed by atoms with Crippen molar-refractivity contribution in [2.45, 2.75) is 47.2 Å². The number of rotatable bonds is 8. The van der Waals surface area contributed by atoms with E-state index < -0.39 is 23.9 Å². The highest BCUT2D eigenvalue weighted by Gasteiger charge is 2.27. The number of aromatic nitrogens is 5. The van der Waals surface area contributed by atoms with Crippen LogP contribution in [0.5, 0.6) is 0 Å². The fraction of sp³-hybridized carbons (Fsp3) is 0.269. The molecule has 0 saturated carbocycles. The number of carbonyl (C=O) groups excluding carboxylic acids is 2. The Morgan fingerprint density at radius 2 is 1.93 bits per heavy atom. The lowest BCUT2D eigenvalue weighted by molar-refractivity contribution is 0.0994. The van der Waals surface area contributed by atoms with Crippen molar-refractivity contribution in [3.05, 3.63) is 68.0 Å². The van der Waals surface area contributed by atoms with E-state index in [1.807, 2.05) is 20.8 Å². The molecule has 2 amide bonds. The van der Waals surface area contributed by atoms with Gasteiger partial charge >= 0.3 is 0 Å². The Bertz CT molecular complexity index is 1790. The van der Waals surface area contributed by atoms with Crippen molar-refractivity contribution < 1.29 is 22.8 Å². The number of alkyl halides is 2. The van der Waals surface area contributed by atoms with Crippen LogP contribution in [0.2, 0.25) is 0 Å². The van der Waals surface area contributed by atoms with Crippen LogP contribution in [0.1, 0.15) is 62.1 Å². The van der Waals surface area contributed by atoms with Gasteiger partial charge < -0.3 is 15.5 Å². The maximum absolute atomic E-state index is 13.8. The minimum absolute atomic E-state index is 0.0148. The molecule has 5 heterocycles. The maximum atomic E-state index is 13.8. The first kappa shape index (κ1) is 27.6. The summed E-state index contributed by atoms with van der Waals surface area (Å²) in [6.07, 6.45) is -1.13. The summed E-state index contributed by atoms with van der Waals surface area (Å²) in [6.45, 7) is 8.29. The molecular formula is C26H24BrF2N7O3S. The molecule has 5 aromatic rings. The number of pyridine rings is 1. The number of aryl methyl sites for hydroxylation is 3. The number of nitrogens with one attached hydrogen (secondary N) is 1. The SMILES string of the molecule is CCn1cc(-c2cc(C(F)F)nc3sc(C(N)=O)c(NC(=O)c4ccc(Cn5nc(C)c(Br)c5C)o4)c23)c(C)n1. The summed E-state index contributed by atoms with van der Waals surface area (Å²) in [5.41, 5.74) is 8.49. The highest BCUT2D eigenvalue weighted by molar-refractivity contribution is 9.10. The van der Waals surface area contributed by atoms with Gasteiger partial charge in [0.15, 0.2) is 5.76 Å². The minimum atomic E-state index is -2.86. The zero-order chi connectivity index (χ0) is 28.9. The Kier molecular flexibility index (Phi) is 7.31. The largest absolute Gasteiger partial charge is 0.454 e. The van der Waals surface area contributed by atoms with Crippen LogP contribution in [0.25, 0.3) is 21.3 Å². The number of nitrogens with zero attached hydrogens (tertiary/aromatic N) is 5. The van der Waals surface area contributed by atoms with E-state index in [9.17, 15) is 18.4 Å². The first-order valence-electron chi connectivity index (χ1n) is 12.2. The van der Waals surface area contributed by atoms with Crippen LogP contribution in [-0.4, -0.2) is 36.4 Å². The molecule has 14 heteroatoms. The van der Waals surface area contributed by atoms with Crippen molar-refractivity contribution in [1.29, 1.82) is 0 Å². The van der Waals surface area contributed by atoms with Crippen molar-refractivity contribution in [2.75, 3.05) is 5.32 Å². The van der Waals surface area contributed by atoms with Crippen molar-refractivity contribution in [1.82, 2.24) is 24.5 Å². The molecule has 0 bridgehead atoms. The number of halogens is 3. The monoisotopic (exact) mass is 631 g/mol. The average Bonchev–Trinajstić information content (AvgIpc) is 3.67. The molecule has 0 aliphatic heterocycles. The van der Waals surface area contributed by atoms with Crippen molar-refractivity contribution >= 4 is 55.0 Å². The lowest BCUT2D eigenvalue weighted by Crippen LogP contribution is -2.16. The quantitative estimate of drug-likeness (QED) is 0.216. The zero-order valence-corrected chi connectivity index (χ0v) is 24.3. The third-order valence-electron chi connectivity index (χ3n) is 6.41.